The zero-order valence-electron chi connectivity index (χ0n) is 18.4. The molecule has 1 heterocycles. The molecule has 1 N–H and O–H groups in total. The molecule has 0 bridgehead atoms. The highest BCUT2D eigenvalue weighted by molar-refractivity contribution is 5.94. The number of hydrogen-bond donors (Lipinski definition) is 1. The minimum Gasteiger partial charge on any atom is -0.375 e. The minimum absolute atomic E-state index is 0.0949. The fourth-order valence-corrected chi connectivity index (χ4v) is 3.26. The van der Waals surface area contributed by atoms with Crippen molar-refractivity contribution in [2.75, 3.05) is 32.1 Å². The summed E-state index contributed by atoms with van der Waals surface area (Å²) in [5.41, 5.74) is 2.17. The summed E-state index contributed by atoms with van der Waals surface area (Å²) in [6, 6.07) is 15.4. The number of imidazole rings is 1. The first-order valence-corrected chi connectivity index (χ1v) is 10.3. The Hall–Kier alpha value is -3.52. The van der Waals surface area contributed by atoms with Crippen LogP contribution in [0.4, 0.5) is 10.3 Å². The molecule has 7 nitrogen and oxygen atoms in total. The van der Waals surface area contributed by atoms with E-state index in [-0.39, 0.29) is 42.6 Å². The van der Waals surface area contributed by atoms with Gasteiger partial charge in [0.15, 0.2) is 0 Å². The first kappa shape index (κ1) is 23.1. The van der Waals surface area contributed by atoms with Crippen molar-refractivity contribution >= 4 is 17.8 Å². The van der Waals surface area contributed by atoms with Gasteiger partial charge in [0.1, 0.15) is 19.0 Å². The summed E-state index contributed by atoms with van der Waals surface area (Å²) in [7, 11) is 1.44. The molecule has 0 fully saturated rings. The number of carbonyl (C=O) groups excluding carboxylic acids is 2. The molecule has 0 atom stereocenters. The predicted molar refractivity (Wildman–Crippen MR) is 121 cm³/mol. The van der Waals surface area contributed by atoms with Crippen LogP contribution in [0.3, 0.4) is 0 Å². The molecule has 168 valence electrons. The van der Waals surface area contributed by atoms with Gasteiger partial charge in [0.2, 0.25) is 17.8 Å². The van der Waals surface area contributed by atoms with Gasteiger partial charge < -0.3 is 9.64 Å². The fraction of sp³-hybridized carbons (Fsp3) is 0.292. The maximum atomic E-state index is 13.4. The van der Waals surface area contributed by atoms with Crippen LogP contribution in [0.25, 0.3) is 16.9 Å². The molecule has 3 aromatic rings. The quantitative estimate of drug-likeness (QED) is 0.552. The highest BCUT2D eigenvalue weighted by Gasteiger charge is 2.20. The lowest BCUT2D eigenvalue weighted by Gasteiger charge is -2.23. The van der Waals surface area contributed by atoms with Crippen LogP contribution in [0.5, 0.6) is 0 Å². The monoisotopic (exact) mass is 438 g/mol. The highest BCUT2D eigenvalue weighted by atomic mass is 19.1. The summed E-state index contributed by atoms with van der Waals surface area (Å²) in [6.07, 6.45) is 1.78. The summed E-state index contributed by atoms with van der Waals surface area (Å²) >= 11 is 0. The third-order valence-electron chi connectivity index (χ3n) is 4.67. The summed E-state index contributed by atoms with van der Waals surface area (Å²) in [6.45, 7) is 4.15. The Morgan fingerprint density at radius 3 is 2.44 bits per heavy atom. The van der Waals surface area contributed by atoms with Crippen molar-refractivity contribution in [3.8, 4) is 16.9 Å². The molecular weight excluding hydrogens is 411 g/mol. The SMILES string of the molecule is COCC(=O)N(CC(=O)Nc1nc(-c2ccccc2)cn1-c1ccc(F)cc1)CC(C)C. The van der Waals surface area contributed by atoms with Crippen molar-refractivity contribution in [1.29, 1.82) is 0 Å². The molecule has 0 saturated heterocycles. The minimum atomic E-state index is -0.385. The summed E-state index contributed by atoms with van der Waals surface area (Å²) < 4.78 is 20.0. The molecular formula is C24H27FN4O3. The molecule has 0 unspecified atom stereocenters. The summed E-state index contributed by atoms with van der Waals surface area (Å²) in [5.74, 6) is -0.533. The van der Waals surface area contributed by atoms with E-state index in [2.05, 4.69) is 10.3 Å². The van der Waals surface area contributed by atoms with E-state index in [0.717, 1.165) is 5.56 Å². The Morgan fingerprint density at radius 2 is 1.81 bits per heavy atom. The number of nitrogens with zero attached hydrogens (tertiary/aromatic N) is 3. The van der Waals surface area contributed by atoms with Crippen LogP contribution in [0.15, 0.2) is 60.8 Å². The molecule has 3 rings (SSSR count). The van der Waals surface area contributed by atoms with E-state index in [1.54, 1.807) is 22.9 Å². The van der Waals surface area contributed by atoms with Crippen LogP contribution in [0.2, 0.25) is 0 Å². The van der Waals surface area contributed by atoms with Crippen LogP contribution >= 0.6 is 0 Å². The number of benzene rings is 2. The molecule has 0 aliphatic rings. The first-order valence-electron chi connectivity index (χ1n) is 10.3. The Labute approximate surface area is 186 Å². The van der Waals surface area contributed by atoms with Crippen LogP contribution < -0.4 is 5.32 Å². The topological polar surface area (TPSA) is 76.5 Å². The molecule has 8 heteroatoms. The molecule has 0 aliphatic carbocycles. The zero-order valence-corrected chi connectivity index (χ0v) is 18.4. The fourth-order valence-electron chi connectivity index (χ4n) is 3.26. The molecule has 0 spiro atoms. The van der Waals surface area contributed by atoms with E-state index in [4.69, 9.17) is 4.74 Å². The van der Waals surface area contributed by atoms with Crippen LogP contribution in [-0.4, -0.2) is 53.1 Å². The number of hydrogen-bond acceptors (Lipinski definition) is 4. The number of carbonyl (C=O) groups is 2. The van der Waals surface area contributed by atoms with Crippen molar-refractivity contribution in [3.63, 3.8) is 0 Å². The van der Waals surface area contributed by atoms with Gasteiger partial charge in [0.25, 0.3) is 0 Å². The lowest BCUT2D eigenvalue weighted by atomic mass is 10.2. The molecule has 0 aliphatic heterocycles. The van der Waals surface area contributed by atoms with Crippen molar-refractivity contribution in [1.82, 2.24) is 14.5 Å². The lowest BCUT2D eigenvalue weighted by molar-refractivity contribution is -0.138. The van der Waals surface area contributed by atoms with Gasteiger partial charge in [-0.05, 0) is 30.2 Å². The predicted octanol–water partition coefficient (Wildman–Crippen LogP) is 3.75. The van der Waals surface area contributed by atoms with Gasteiger partial charge in [-0.2, -0.15) is 0 Å². The largest absolute Gasteiger partial charge is 0.375 e. The maximum Gasteiger partial charge on any atom is 0.249 e. The second kappa shape index (κ2) is 10.7. The third-order valence-corrected chi connectivity index (χ3v) is 4.67. The zero-order chi connectivity index (χ0) is 23.1. The number of methoxy groups -OCH3 is 1. The van der Waals surface area contributed by atoms with Gasteiger partial charge >= 0.3 is 0 Å². The molecule has 0 saturated carbocycles. The third kappa shape index (κ3) is 6.01. The number of rotatable bonds is 9. The smallest absolute Gasteiger partial charge is 0.249 e. The van der Waals surface area contributed by atoms with Crippen molar-refractivity contribution < 1.29 is 18.7 Å². The summed E-state index contributed by atoms with van der Waals surface area (Å²) in [4.78, 5) is 31.2. The molecule has 0 radical (unpaired) electrons. The Morgan fingerprint density at radius 1 is 1.12 bits per heavy atom. The Kier molecular flexibility index (Phi) is 7.72. The van der Waals surface area contributed by atoms with Gasteiger partial charge in [-0.3, -0.25) is 19.5 Å². The number of nitrogens with one attached hydrogen (secondary N) is 1. The second-order valence-corrected chi connectivity index (χ2v) is 7.81. The molecule has 2 amide bonds. The average Bonchev–Trinajstić information content (AvgIpc) is 3.18. The number of anilines is 1. The van der Waals surface area contributed by atoms with Crippen molar-refractivity contribution in [3.05, 3.63) is 66.6 Å². The second-order valence-electron chi connectivity index (χ2n) is 7.81. The molecule has 1 aromatic heterocycles. The lowest BCUT2D eigenvalue weighted by Crippen LogP contribution is -2.42. The van der Waals surface area contributed by atoms with E-state index >= 15 is 0 Å². The molecule has 32 heavy (non-hydrogen) atoms. The Bertz CT molecular complexity index is 1050. The van der Waals surface area contributed by atoms with Gasteiger partial charge in [0, 0.05) is 31.1 Å². The van der Waals surface area contributed by atoms with Crippen LogP contribution in [0, 0.1) is 11.7 Å². The standard InChI is InChI=1S/C24H27FN4O3/c1-17(2)13-28(23(31)16-32-3)15-22(30)27-24-26-21(18-7-5-4-6-8-18)14-29(24)20-11-9-19(25)10-12-20/h4-12,14,17H,13,15-16H2,1-3H3,(H,26,27,30). The Balaban J connectivity index is 1.88. The number of amides is 2. The normalized spacial score (nSPS) is 10.9. The highest BCUT2D eigenvalue weighted by Crippen LogP contribution is 2.24. The first-order chi connectivity index (χ1) is 15.4. The summed E-state index contributed by atoms with van der Waals surface area (Å²) in [5, 5.41) is 2.80. The van der Waals surface area contributed by atoms with Gasteiger partial charge in [-0.25, -0.2) is 9.37 Å². The van der Waals surface area contributed by atoms with E-state index < -0.39 is 0 Å². The number of aromatic nitrogens is 2. The van der Waals surface area contributed by atoms with Gasteiger partial charge in [-0.15, -0.1) is 0 Å². The maximum absolute atomic E-state index is 13.4. The van der Waals surface area contributed by atoms with Crippen LogP contribution in [0.1, 0.15) is 13.8 Å². The number of halogens is 1. The van der Waals surface area contributed by atoms with E-state index in [0.29, 0.717) is 17.9 Å². The molecule has 2 aromatic carbocycles. The van der Waals surface area contributed by atoms with E-state index in [9.17, 15) is 14.0 Å². The average molecular weight is 439 g/mol. The van der Waals surface area contributed by atoms with Crippen molar-refractivity contribution in [2.24, 2.45) is 5.92 Å². The van der Waals surface area contributed by atoms with E-state index in [1.807, 2.05) is 44.2 Å². The van der Waals surface area contributed by atoms with Crippen LogP contribution in [-0.2, 0) is 14.3 Å². The number of ether oxygens (including phenoxy) is 1. The van der Waals surface area contributed by atoms with Crippen molar-refractivity contribution in [2.45, 2.75) is 13.8 Å². The van der Waals surface area contributed by atoms with Gasteiger partial charge in [-0.1, -0.05) is 44.2 Å². The van der Waals surface area contributed by atoms with Gasteiger partial charge in [0.05, 0.1) is 5.69 Å². The van der Waals surface area contributed by atoms with E-state index in [1.165, 1.54) is 24.1 Å².